The number of aryl methyl sites for hydroxylation is 1. The molecule has 3 rings (SSSR count). The number of nitrogens with zero attached hydrogens (tertiary/aromatic N) is 3. The summed E-state index contributed by atoms with van der Waals surface area (Å²) >= 11 is 6.58. The first-order valence-corrected chi connectivity index (χ1v) is 10.1. The highest BCUT2D eigenvalue weighted by atomic mass is 32.1. The number of anilines is 1. The van der Waals surface area contributed by atoms with E-state index in [1.165, 1.54) is 23.5 Å². The summed E-state index contributed by atoms with van der Waals surface area (Å²) in [6.07, 6.45) is 2.55. The van der Waals surface area contributed by atoms with Crippen molar-refractivity contribution >= 4 is 34.6 Å². The number of nitrogens with one attached hydrogen (secondary N) is 2. The van der Waals surface area contributed by atoms with E-state index >= 15 is 0 Å². The molecule has 0 aliphatic rings. The van der Waals surface area contributed by atoms with Crippen molar-refractivity contribution in [3.05, 3.63) is 53.2 Å². The number of hydrogen-bond donors (Lipinski definition) is 2. The van der Waals surface area contributed by atoms with E-state index in [9.17, 15) is 9.18 Å². The first kappa shape index (κ1) is 20.9. The molecule has 2 aromatic heterocycles. The molecule has 1 amide bonds. The molecule has 0 atom stereocenters. The molecule has 10 heteroatoms. The van der Waals surface area contributed by atoms with Crippen molar-refractivity contribution in [3.8, 4) is 16.5 Å². The second kappa shape index (κ2) is 9.57. The maximum absolute atomic E-state index is 12.9. The van der Waals surface area contributed by atoms with Crippen molar-refractivity contribution in [2.24, 2.45) is 0 Å². The van der Waals surface area contributed by atoms with Gasteiger partial charge in [0.2, 0.25) is 5.91 Å². The Balaban J connectivity index is 1.55. The number of thiazole rings is 1. The van der Waals surface area contributed by atoms with Crippen LogP contribution in [0.5, 0.6) is 5.75 Å². The quantitative estimate of drug-likeness (QED) is 0.295. The third kappa shape index (κ3) is 5.36. The molecule has 0 spiro atoms. The SMILES string of the molecule is C=CCn1c(-c2sc(NC(=O)CCCOc3ccc(F)cc3)nc2C)n[nH]c1=S. The Labute approximate surface area is 176 Å². The van der Waals surface area contributed by atoms with Gasteiger partial charge in [0.1, 0.15) is 11.6 Å². The van der Waals surface area contributed by atoms with Gasteiger partial charge in [-0.25, -0.2) is 9.37 Å². The van der Waals surface area contributed by atoms with Gasteiger partial charge in [0.25, 0.3) is 0 Å². The third-order valence-electron chi connectivity index (χ3n) is 3.95. The monoisotopic (exact) mass is 433 g/mol. The number of ether oxygens (including phenoxy) is 1. The standard InChI is InChI=1S/C19H20FN5O2S2/c1-3-10-25-17(23-24-19(25)28)16-12(2)21-18(29-16)22-15(26)5-4-11-27-14-8-6-13(20)7-9-14/h3,6-9H,1,4-5,10-11H2,2H3,(H,24,28)(H,21,22,26). The van der Waals surface area contributed by atoms with E-state index in [4.69, 9.17) is 17.0 Å². The topological polar surface area (TPSA) is 84.8 Å². The van der Waals surface area contributed by atoms with Crippen molar-refractivity contribution in [3.63, 3.8) is 0 Å². The Hall–Kier alpha value is -2.85. The van der Waals surface area contributed by atoms with E-state index in [-0.39, 0.29) is 18.1 Å². The number of carbonyl (C=O) groups excluding carboxylic acids is 1. The minimum atomic E-state index is -0.316. The van der Waals surface area contributed by atoms with E-state index < -0.39 is 0 Å². The van der Waals surface area contributed by atoms with Crippen LogP contribution in [0.15, 0.2) is 36.9 Å². The Morgan fingerprint density at radius 2 is 2.21 bits per heavy atom. The average Bonchev–Trinajstić information content (AvgIpc) is 3.23. The molecule has 152 valence electrons. The van der Waals surface area contributed by atoms with Crippen molar-refractivity contribution in [1.29, 1.82) is 0 Å². The van der Waals surface area contributed by atoms with Crippen LogP contribution in [0.1, 0.15) is 18.5 Å². The number of aromatic amines is 1. The van der Waals surface area contributed by atoms with Crippen LogP contribution >= 0.6 is 23.6 Å². The summed E-state index contributed by atoms with van der Waals surface area (Å²) < 4.78 is 20.7. The summed E-state index contributed by atoms with van der Waals surface area (Å²) in [6, 6.07) is 5.77. The van der Waals surface area contributed by atoms with Gasteiger partial charge in [-0.05, 0) is 49.8 Å². The van der Waals surface area contributed by atoms with Gasteiger partial charge in [0.15, 0.2) is 15.7 Å². The van der Waals surface area contributed by atoms with Gasteiger partial charge in [-0.2, -0.15) is 5.10 Å². The third-order valence-corrected chi connectivity index (χ3v) is 5.33. The van der Waals surface area contributed by atoms with E-state index in [0.717, 1.165) is 10.6 Å². The molecule has 7 nitrogen and oxygen atoms in total. The molecule has 0 radical (unpaired) electrons. The zero-order chi connectivity index (χ0) is 20.8. The Morgan fingerprint density at radius 3 is 2.93 bits per heavy atom. The molecule has 0 bridgehead atoms. The Morgan fingerprint density at radius 1 is 1.45 bits per heavy atom. The van der Waals surface area contributed by atoms with Crippen LogP contribution in [0, 0.1) is 17.5 Å². The van der Waals surface area contributed by atoms with E-state index in [1.54, 1.807) is 18.2 Å². The minimum absolute atomic E-state index is 0.155. The molecule has 3 aromatic rings. The number of allylic oxidation sites excluding steroid dienone is 1. The molecule has 0 saturated heterocycles. The number of aromatic nitrogens is 4. The van der Waals surface area contributed by atoms with E-state index in [2.05, 4.69) is 27.1 Å². The number of halogens is 1. The van der Waals surface area contributed by atoms with E-state index in [1.807, 2.05) is 11.5 Å². The molecule has 2 N–H and O–H groups in total. The predicted molar refractivity (Wildman–Crippen MR) is 113 cm³/mol. The fraction of sp³-hybridized carbons (Fsp3) is 0.263. The van der Waals surface area contributed by atoms with Gasteiger partial charge in [-0.3, -0.25) is 14.5 Å². The molecule has 0 saturated carbocycles. The molecule has 29 heavy (non-hydrogen) atoms. The number of hydrogen-bond acceptors (Lipinski definition) is 6. The van der Waals surface area contributed by atoms with Gasteiger partial charge in [-0.15, -0.1) is 6.58 Å². The number of H-pyrrole nitrogens is 1. The van der Waals surface area contributed by atoms with Crippen LogP contribution in [0.3, 0.4) is 0 Å². The number of carbonyl (C=O) groups is 1. The van der Waals surface area contributed by atoms with Crippen molar-refractivity contribution in [1.82, 2.24) is 19.7 Å². The molecule has 0 aliphatic heterocycles. The highest BCUT2D eigenvalue weighted by Crippen LogP contribution is 2.31. The van der Waals surface area contributed by atoms with Crippen molar-refractivity contribution < 1.29 is 13.9 Å². The van der Waals surface area contributed by atoms with Gasteiger partial charge < -0.3 is 10.1 Å². The first-order chi connectivity index (χ1) is 14.0. The zero-order valence-corrected chi connectivity index (χ0v) is 17.4. The maximum atomic E-state index is 12.9. The number of amides is 1. The molecule has 0 fully saturated rings. The average molecular weight is 434 g/mol. The molecule has 2 heterocycles. The lowest BCUT2D eigenvalue weighted by Gasteiger charge is -2.05. The van der Waals surface area contributed by atoms with Gasteiger partial charge in [0, 0.05) is 13.0 Å². The number of rotatable bonds is 9. The van der Waals surface area contributed by atoms with Gasteiger partial charge in [-0.1, -0.05) is 17.4 Å². The molecule has 0 unspecified atom stereocenters. The number of benzene rings is 1. The van der Waals surface area contributed by atoms with Crippen LogP contribution in [-0.2, 0) is 11.3 Å². The molecule has 1 aromatic carbocycles. The van der Waals surface area contributed by atoms with E-state index in [0.29, 0.717) is 41.0 Å². The molecule has 0 aliphatic carbocycles. The zero-order valence-electron chi connectivity index (χ0n) is 15.8. The van der Waals surface area contributed by atoms with Crippen LogP contribution < -0.4 is 10.1 Å². The van der Waals surface area contributed by atoms with Crippen molar-refractivity contribution in [2.75, 3.05) is 11.9 Å². The lowest BCUT2D eigenvalue weighted by molar-refractivity contribution is -0.116. The molecular weight excluding hydrogens is 413 g/mol. The Bertz CT molecular complexity index is 1060. The fourth-order valence-electron chi connectivity index (χ4n) is 2.58. The first-order valence-electron chi connectivity index (χ1n) is 8.90. The lowest BCUT2D eigenvalue weighted by atomic mass is 10.3. The normalized spacial score (nSPS) is 10.7. The van der Waals surface area contributed by atoms with Crippen LogP contribution in [0.2, 0.25) is 0 Å². The van der Waals surface area contributed by atoms with Crippen LogP contribution in [0.25, 0.3) is 10.7 Å². The summed E-state index contributed by atoms with van der Waals surface area (Å²) in [7, 11) is 0. The second-order valence-electron chi connectivity index (χ2n) is 6.14. The van der Waals surface area contributed by atoms with Crippen LogP contribution in [-0.4, -0.2) is 32.3 Å². The van der Waals surface area contributed by atoms with Gasteiger partial charge >= 0.3 is 0 Å². The highest BCUT2D eigenvalue weighted by molar-refractivity contribution is 7.71. The van der Waals surface area contributed by atoms with Crippen molar-refractivity contribution in [2.45, 2.75) is 26.3 Å². The maximum Gasteiger partial charge on any atom is 0.226 e. The summed E-state index contributed by atoms with van der Waals surface area (Å²) in [5.74, 6) is 0.764. The Kier molecular flexibility index (Phi) is 6.89. The minimum Gasteiger partial charge on any atom is -0.494 e. The highest BCUT2D eigenvalue weighted by Gasteiger charge is 2.17. The predicted octanol–water partition coefficient (Wildman–Crippen LogP) is 4.50. The second-order valence-corrected chi connectivity index (χ2v) is 7.53. The molecular formula is C19H20FN5O2S2. The smallest absolute Gasteiger partial charge is 0.226 e. The summed E-state index contributed by atoms with van der Waals surface area (Å²) in [5.41, 5.74) is 0.754. The van der Waals surface area contributed by atoms with Gasteiger partial charge in [0.05, 0.1) is 17.2 Å². The largest absolute Gasteiger partial charge is 0.494 e. The lowest BCUT2D eigenvalue weighted by Crippen LogP contribution is -2.12. The summed E-state index contributed by atoms with van der Waals surface area (Å²) in [6.45, 7) is 6.47. The van der Waals surface area contributed by atoms with Crippen LogP contribution in [0.4, 0.5) is 9.52 Å². The fourth-order valence-corrected chi connectivity index (χ4v) is 3.77. The summed E-state index contributed by atoms with van der Waals surface area (Å²) in [4.78, 5) is 17.4. The summed E-state index contributed by atoms with van der Waals surface area (Å²) in [5, 5.41) is 10.4.